The van der Waals surface area contributed by atoms with E-state index in [1.165, 1.54) is 0 Å². The largest absolute Gasteiger partial charge is 0.336 e. The standard InChI is InChI=1S/C13H23NO/c1-9(2)6-13(15)14-8-12(10(3)4)7-11(14)5/h6,10-12H,7-8H2,1-5H3. The predicted octanol–water partition coefficient (Wildman–Crippen LogP) is 2.85. The van der Waals surface area contributed by atoms with Crippen molar-refractivity contribution in [2.75, 3.05) is 6.54 Å². The molecule has 2 nitrogen and oxygen atoms in total. The van der Waals surface area contributed by atoms with Gasteiger partial charge in [0.15, 0.2) is 0 Å². The Labute approximate surface area is 93.3 Å². The molecule has 86 valence electrons. The van der Waals surface area contributed by atoms with Crippen LogP contribution in [0.15, 0.2) is 11.6 Å². The van der Waals surface area contributed by atoms with Gasteiger partial charge in [0.1, 0.15) is 0 Å². The summed E-state index contributed by atoms with van der Waals surface area (Å²) in [5, 5.41) is 0. The average Bonchev–Trinajstić information content (AvgIpc) is 2.46. The van der Waals surface area contributed by atoms with E-state index in [-0.39, 0.29) is 5.91 Å². The molecule has 0 N–H and O–H groups in total. The highest BCUT2D eigenvalue weighted by atomic mass is 16.2. The maximum atomic E-state index is 11.9. The molecule has 2 atom stereocenters. The number of hydrogen-bond donors (Lipinski definition) is 0. The van der Waals surface area contributed by atoms with Crippen molar-refractivity contribution in [2.45, 2.75) is 47.1 Å². The van der Waals surface area contributed by atoms with Crippen molar-refractivity contribution >= 4 is 5.91 Å². The predicted molar refractivity (Wildman–Crippen MR) is 63.6 cm³/mol. The SMILES string of the molecule is CC(C)=CC(=O)N1CC(C(C)C)CC1C. The number of likely N-dealkylation sites (tertiary alicyclic amines) is 1. The molecule has 0 radical (unpaired) electrons. The molecule has 1 rings (SSSR count). The summed E-state index contributed by atoms with van der Waals surface area (Å²) >= 11 is 0. The van der Waals surface area contributed by atoms with Crippen LogP contribution in [-0.4, -0.2) is 23.4 Å². The van der Waals surface area contributed by atoms with Crippen LogP contribution in [0, 0.1) is 11.8 Å². The van der Waals surface area contributed by atoms with Crippen LogP contribution in [0.25, 0.3) is 0 Å². The highest BCUT2D eigenvalue weighted by Crippen LogP contribution is 2.28. The van der Waals surface area contributed by atoms with E-state index < -0.39 is 0 Å². The smallest absolute Gasteiger partial charge is 0.246 e. The molecule has 2 unspecified atom stereocenters. The summed E-state index contributed by atoms with van der Waals surface area (Å²) in [4.78, 5) is 13.9. The van der Waals surface area contributed by atoms with E-state index in [4.69, 9.17) is 0 Å². The van der Waals surface area contributed by atoms with Crippen LogP contribution in [0.3, 0.4) is 0 Å². The molecular formula is C13H23NO. The molecule has 0 aromatic carbocycles. The van der Waals surface area contributed by atoms with Crippen molar-refractivity contribution in [3.63, 3.8) is 0 Å². The van der Waals surface area contributed by atoms with Gasteiger partial charge in [-0.25, -0.2) is 0 Å². The summed E-state index contributed by atoms with van der Waals surface area (Å²) in [5.41, 5.74) is 1.08. The maximum Gasteiger partial charge on any atom is 0.246 e. The highest BCUT2D eigenvalue weighted by Gasteiger charge is 2.32. The van der Waals surface area contributed by atoms with Gasteiger partial charge in [-0.2, -0.15) is 0 Å². The van der Waals surface area contributed by atoms with Gasteiger partial charge < -0.3 is 4.90 Å². The number of allylic oxidation sites excluding steroid dienone is 1. The van der Waals surface area contributed by atoms with Crippen LogP contribution in [0.5, 0.6) is 0 Å². The number of amides is 1. The lowest BCUT2D eigenvalue weighted by Gasteiger charge is -2.20. The molecule has 1 amide bonds. The first-order valence-corrected chi connectivity index (χ1v) is 5.87. The first kappa shape index (κ1) is 12.3. The van der Waals surface area contributed by atoms with Gasteiger partial charge in [0.05, 0.1) is 0 Å². The van der Waals surface area contributed by atoms with E-state index in [9.17, 15) is 4.79 Å². The Bertz CT molecular complexity index is 264. The topological polar surface area (TPSA) is 20.3 Å². The van der Waals surface area contributed by atoms with E-state index in [1.807, 2.05) is 18.7 Å². The molecule has 1 fully saturated rings. The zero-order valence-corrected chi connectivity index (χ0v) is 10.6. The number of hydrogen-bond acceptors (Lipinski definition) is 1. The second-order valence-electron chi connectivity index (χ2n) is 5.30. The third kappa shape index (κ3) is 3.08. The van der Waals surface area contributed by atoms with Gasteiger partial charge in [0.2, 0.25) is 5.91 Å². The van der Waals surface area contributed by atoms with Crippen molar-refractivity contribution in [2.24, 2.45) is 11.8 Å². The molecule has 0 aromatic heterocycles. The molecular weight excluding hydrogens is 186 g/mol. The fraction of sp³-hybridized carbons (Fsp3) is 0.769. The van der Waals surface area contributed by atoms with Gasteiger partial charge in [-0.1, -0.05) is 19.4 Å². The molecule has 0 saturated carbocycles. The lowest BCUT2D eigenvalue weighted by Crippen LogP contribution is -2.33. The van der Waals surface area contributed by atoms with Gasteiger partial charge in [-0.15, -0.1) is 0 Å². The van der Waals surface area contributed by atoms with Crippen LogP contribution in [0.4, 0.5) is 0 Å². The highest BCUT2D eigenvalue weighted by molar-refractivity contribution is 5.88. The Hall–Kier alpha value is -0.790. The quantitative estimate of drug-likeness (QED) is 0.640. The van der Waals surface area contributed by atoms with Gasteiger partial charge in [-0.3, -0.25) is 4.79 Å². The first-order chi connectivity index (χ1) is 6.91. The van der Waals surface area contributed by atoms with Crippen LogP contribution < -0.4 is 0 Å². The summed E-state index contributed by atoms with van der Waals surface area (Å²) in [5.74, 6) is 1.54. The number of carbonyl (C=O) groups excluding carboxylic acids is 1. The molecule has 0 spiro atoms. The zero-order chi connectivity index (χ0) is 11.6. The lowest BCUT2D eigenvalue weighted by molar-refractivity contribution is -0.126. The summed E-state index contributed by atoms with van der Waals surface area (Å²) < 4.78 is 0. The Morgan fingerprint density at radius 3 is 2.40 bits per heavy atom. The minimum absolute atomic E-state index is 0.186. The summed E-state index contributed by atoms with van der Waals surface area (Å²) in [6.07, 6.45) is 2.90. The van der Waals surface area contributed by atoms with Gasteiger partial charge in [0, 0.05) is 18.7 Å². The van der Waals surface area contributed by atoms with E-state index in [1.54, 1.807) is 6.08 Å². The minimum Gasteiger partial charge on any atom is -0.336 e. The van der Waals surface area contributed by atoms with Crippen LogP contribution in [0.1, 0.15) is 41.0 Å². The molecule has 1 aliphatic rings. The van der Waals surface area contributed by atoms with Crippen molar-refractivity contribution in [3.8, 4) is 0 Å². The summed E-state index contributed by atoms with van der Waals surface area (Å²) in [7, 11) is 0. The van der Waals surface area contributed by atoms with E-state index in [2.05, 4.69) is 20.8 Å². The second-order valence-corrected chi connectivity index (χ2v) is 5.30. The zero-order valence-electron chi connectivity index (χ0n) is 10.6. The van der Waals surface area contributed by atoms with Crippen molar-refractivity contribution in [3.05, 3.63) is 11.6 Å². The molecule has 2 heteroatoms. The van der Waals surface area contributed by atoms with Crippen LogP contribution >= 0.6 is 0 Å². The minimum atomic E-state index is 0.186. The molecule has 15 heavy (non-hydrogen) atoms. The van der Waals surface area contributed by atoms with E-state index in [0.717, 1.165) is 18.5 Å². The number of nitrogens with zero attached hydrogens (tertiary/aromatic N) is 1. The monoisotopic (exact) mass is 209 g/mol. The molecule has 1 saturated heterocycles. The fourth-order valence-corrected chi connectivity index (χ4v) is 2.19. The van der Waals surface area contributed by atoms with Gasteiger partial charge in [0.25, 0.3) is 0 Å². The van der Waals surface area contributed by atoms with Crippen LogP contribution in [-0.2, 0) is 4.79 Å². The van der Waals surface area contributed by atoms with Gasteiger partial charge in [-0.05, 0) is 39.0 Å². The summed E-state index contributed by atoms with van der Waals surface area (Å²) in [6, 6.07) is 0.403. The van der Waals surface area contributed by atoms with Crippen LogP contribution in [0.2, 0.25) is 0 Å². The third-order valence-corrected chi connectivity index (χ3v) is 3.25. The maximum absolute atomic E-state index is 11.9. The normalized spacial score (nSPS) is 25.9. The second kappa shape index (κ2) is 4.82. The number of carbonyl (C=O) groups is 1. The molecule has 1 heterocycles. The molecule has 0 bridgehead atoms. The Balaban J connectivity index is 2.65. The van der Waals surface area contributed by atoms with E-state index in [0.29, 0.717) is 17.9 Å². The summed E-state index contributed by atoms with van der Waals surface area (Å²) in [6.45, 7) is 11.5. The average molecular weight is 209 g/mol. The Morgan fingerprint density at radius 1 is 1.40 bits per heavy atom. The van der Waals surface area contributed by atoms with E-state index >= 15 is 0 Å². The first-order valence-electron chi connectivity index (χ1n) is 5.87. The molecule has 0 aliphatic carbocycles. The molecule has 1 aliphatic heterocycles. The van der Waals surface area contributed by atoms with Gasteiger partial charge >= 0.3 is 0 Å². The van der Waals surface area contributed by atoms with Crippen molar-refractivity contribution in [1.29, 1.82) is 0 Å². The Kier molecular flexibility index (Phi) is 3.95. The fourth-order valence-electron chi connectivity index (χ4n) is 2.19. The Morgan fingerprint density at radius 2 is 2.00 bits per heavy atom. The third-order valence-electron chi connectivity index (χ3n) is 3.25. The molecule has 0 aromatic rings. The lowest BCUT2D eigenvalue weighted by atomic mass is 9.94. The van der Waals surface area contributed by atoms with Crippen molar-refractivity contribution in [1.82, 2.24) is 4.90 Å². The number of rotatable bonds is 2. The van der Waals surface area contributed by atoms with Crippen molar-refractivity contribution < 1.29 is 4.79 Å².